The van der Waals surface area contributed by atoms with Gasteiger partial charge in [-0.25, -0.2) is 4.98 Å². The molecule has 0 bridgehead atoms. The van der Waals surface area contributed by atoms with Gasteiger partial charge in [-0.2, -0.15) is 0 Å². The quantitative estimate of drug-likeness (QED) is 0.598. The van der Waals surface area contributed by atoms with E-state index in [4.69, 9.17) is 4.74 Å². The van der Waals surface area contributed by atoms with E-state index in [1.54, 1.807) is 29.1 Å². The lowest BCUT2D eigenvalue weighted by atomic mass is 9.99. The molecule has 1 fully saturated rings. The van der Waals surface area contributed by atoms with Gasteiger partial charge in [-0.1, -0.05) is 31.6 Å². The first kappa shape index (κ1) is 27.0. The molecule has 8 heteroatoms. The molecule has 2 heterocycles. The number of hydrogen-bond acceptors (Lipinski definition) is 6. The molecule has 1 saturated carbocycles. The van der Waals surface area contributed by atoms with Gasteiger partial charge in [-0.05, 0) is 45.8 Å². The van der Waals surface area contributed by atoms with E-state index in [-0.39, 0.29) is 42.4 Å². The van der Waals surface area contributed by atoms with Gasteiger partial charge in [0.1, 0.15) is 11.7 Å². The predicted octanol–water partition coefficient (Wildman–Crippen LogP) is 2.25. The van der Waals surface area contributed by atoms with Crippen LogP contribution in [0.4, 0.5) is 0 Å². The highest BCUT2D eigenvalue weighted by atomic mass is 16.5. The highest BCUT2D eigenvalue weighted by Gasteiger charge is 2.34. The summed E-state index contributed by atoms with van der Waals surface area (Å²) < 4.78 is 6.27. The van der Waals surface area contributed by atoms with E-state index < -0.39 is 0 Å². The molecule has 3 rings (SSSR count). The van der Waals surface area contributed by atoms with E-state index in [0.717, 1.165) is 6.42 Å². The zero-order chi connectivity index (χ0) is 25.5. The average molecular weight is 485 g/mol. The molecule has 2 aliphatic rings. The van der Waals surface area contributed by atoms with Crippen LogP contribution in [-0.2, 0) is 4.79 Å². The van der Waals surface area contributed by atoms with Crippen molar-refractivity contribution >= 4 is 11.8 Å². The van der Waals surface area contributed by atoms with Crippen molar-refractivity contribution in [2.24, 2.45) is 11.8 Å². The second kappa shape index (κ2) is 12.4. The highest BCUT2D eigenvalue weighted by molar-refractivity contribution is 5.97. The van der Waals surface area contributed by atoms with E-state index in [1.165, 1.54) is 25.7 Å². The van der Waals surface area contributed by atoms with Gasteiger partial charge in [0.05, 0.1) is 25.7 Å². The summed E-state index contributed by atoms with van der Waals surface area (Å²) in [4.78, 5) is 35.7. The summed E-state index contributed by atoms with van der Waals surface area (Å²) in [6, 6.07) is 1.39. The molecule has 3 atom stereocenters. The predicted molar refractivity (Wildman–Crippen MR) is 135 cm³/mol. The zero-order valence-corrected chi connectivity index (χ0v) is 21.8. The van der Waals surface area contributed by atoms with Gasteiger partial charge in [0.15, 0.2) is 0 Å². The molecule has 0 unspecified atom stereocenters. The second-order valence-electron chi connectivity index (χ2n) is 10.4. The molecule has 8 nitrogen and oxygen atoms in total. The van der Waals surface area contributed by atoms with Crippen molar-refractivity contribution in [3.8, 4) is 17.7 Å². The molecule has 192 valence electrons. The Morgan fingerprint density at radius 2 is 2.03 bits per heavy atom. The van der Waals surface area contributed by atoms with Gasteiger partial charge >= 0.3 is 0 Å². The fourth-order valence-electron chi connectivity index (χ4n) is 4.66. The third-order valence-electron chi connectivity index (χ3n) is 6.95. The van der Waals surface area contributed by atoms with E-state index in [1.807, 2.05) is 32.8 Å². The number of likely N-dealkylation sites (N-methyl/N-ethyl adjacent to an activating group) is 2. The van der Waals surface area contributed by atoms with Gasteiger partial charge < -0.3 is 24.5 Å². The normalized spacial score (nSPS) is 21.5. The Kier molecular flexibility index (Phi) is 9.53. The first-order valence-corrected chi connectivity index (χ1v) is 12.7. The highest BCUT2D eigenvalue weighted by Crippen LogP contribution is 2.28. The van der Waals surface area contributed by atoms with Crippen molar-refractivity contribution in [3.63, 3.8) is 0 Å². The summed E-state index contributed by atoms with van der Waals surface area (Å²) in [6.07, 6.45) is 7.20. The third kappa shape index (κ3) is 7.18. The Bertz CT molecular complexity index is 948. The van der Waals surface area contributed by atoms with Crippen LogP contribution in [-0.4, -0.2) is 96.1 Å². The monoisotopic (exact) mass is 484 g/mol. The summed E-state index contributed by atoms with van der Waals surface area (Å²) in [5.74, 6) is 7.04. The maximum Gasteiger partial charge on any atom is 0.259 e. The molecule has 0 saturated heterocycles. The minimum atomic E-state index is -0.363. The van der Waals surface area contributed by atoms with Crippen LogP contribution in [0.15, 0.2) is 12.3 Å². The first-order chi connectivity index (χ1) is 16.7. The van der Waals surface area contributed by atoms with Crippen LogP contribution in [0, 0.1) is 23.7 Å². The Labute approximate surface area is 209 Å². The lowest BCUT2D eigenvalue weighted by Crippen LogP contribution is -2.51. The number of hydrogen-bond donors (Lipinski definition) is 1. The van der Waals surface area contributed by atoms with Crippen LogP contribution in [0.25, 0.3) is 0 Å². The van der Waals surface area contributed by atoms with Crippen LogP contribution >= 0.6 is 0 Å². The molecule has 0 spiro atoms. The maximum absolute atomic E-state index is 13.5. The Hall–Kier alpha value is -2.63. The molecular weight excluding hydrogens is 444 g/mol. The molecular formula is C27H40N4O4. The Balaban J connectivity index is 1.87. The van der Waals surface area contributed by atoms with Gasteiger partial charge in [0, 0.05) is 37.7 Å². The first-order valence-electron chi connectivity index (χ1n) is 12.7. The van der Waals surface area contributed by atoms with Crippen LogP contribution < -0.4 is 4.74 Å². The number of aliphatic hydroxyl groups excluding tert-OH is 1. The Morgan fingerprint density at radius 3 is 2.69 bits per heavy atom. The number of nitrogens with zero attached hydrogens (tertiary/aromatic N) is 4. The maximum atomic E-state index is 13.5. The van der Waals surface area contributed by atoms with E-state index >= 15 is 0 Å². The van der Waals surface area contributed by atoms with Crippen LogP contribution in [0.5, 0.6) is 5.88 Å². The minimum absolute atomic E-state index is 0.00872. The smallest absolute Gasteiger partial charge is 0.259 e. The SMILES string of the molecule is C[C@H]1CN([C@@H](C)CO)C(=O)c2cc(C#CCC3CCCC3)cnc2O[C@@H]1CN(C)C(=O)CN(C)C. The zero-order valence-electron chi connectivity index (χ0n) is 21.8. The molecule has 0 aromatic carbocycles. The molecule has 1 N–H and O–H groups in total. The van der Waals surface area contributed by atoms with Crippen molar-refractivity contribution in [2.45, 2.75) is 58.1 Å². The van der Waals surface area contributed by atoms with Crippen LogP contribution in [0.3, 0.4) is 0 Å². The standard InChI is InChI=1S/C27H40N4O4/c1-19-15-31(20(2)18-32)27(34)23-13-22(12-8-11-21-9-6-7-10-21)14-28-26(23)35-24(19)16-30(5)25(33)17-29(3)4/h13-14,19-21,24,32H,6-7,9-11,15-18H2,1-5H3/t19-,20-,24+/m0/s1. The molecule has 1 aliphatic carbocycles. The molecule has 0 radical (unpaired) electrons. The van der Waals surface area contributed by atoms with Gasteiger partial charge in [-0.3, -0.25) is 9.59 Å². The number of fused-ring (bicyclic) bond motifs is 1. The number of rotatable bonds is 7. The molecule has 35 heavy (non-hydrogen) atoms. The average Bonchev–Trinajstić information content (AvgIpc) is 3.34. The Morgan fingerprint density at radius 1 is 1.31 bits per heavy atom. The second-order valence-corrected chi connectivity index (χ2v) is 10.4. The molecule has 1 aromatic heterocycles. The number of aromatic nitrogens is 1. The minimum Gasteiger partial charge on any atom is -0.472 e. The lowest BCUT2D eigenvalue weighted by molar-refractivity contribution is -0.132. The molecule has 1 aromatic rings. The number of ether oxygens (including phenoxy) is 1. The largest absolute Gasteiger partial charge is 0.472 e. The number of amides is 2. The van der Waals surface area contributed by atoms with E-state index in [9.17, 15) is 14.7 Å². The van der Waals surface area contributed by atoms with Crippen LogP contribution in [0.2, 0.25) is 0 Å². The number of carbonyl (C=O) groups is 2. The number of pyridine rings is 1. The summed E-state index contributed by atoms with van der Waals surface area (Å²) in [6.45, 7) is 4.75. The van der Waals surface area contributed by atoms with Crippen molar-refractivity contribution in [1.82, 2.24) is 19.7 Å². The van der Waals surface area contributed by atoms with Gasteiger partial charge in [-0.15, -0.1) is 0 Å². The van der Waals surface area contributed by atoms with E-state index in [2.05, 4.69) is 16.8 Å². The lowest BCUT2D eigenvalue weighted by Gasteiger charge is -2.37. The summed E-state index contributed by atoms with van der Waals surface area (Å²) in [7, 11) is 5.47. The van der Waals surface area contributed by atoms with Crippen molar-refractivity contribution < 1.29 is 19.4 Å². The fourth-order valence-corrected chi connectivity index (χ4v) is 4.66. The summed E-state index contributed by atoms with van der Waals surface area (Å²) in [5, 5.41) is 9.82. The summed E-state index contributed by atoms with van der Waals surface area (Å²) in [5.41, 5.74) is 1.02. The number of carbonyl (C=O) groups excluding carboxylic acids is 2. The van der Waals surface area contributed by atoms with Crippen molar-refractivity contribution in [3.05, 3.63) is 23.4 Å². The summed E-state index contributed by atoms with van der Waals surface area (Å²) >= 11 is 0. The topological polar surface area (TPSA) is 86.2 Å². The van der Waals surface area contributed by atoms with Crippen molar-refractivity contribution in [2.75, 3.05) is 47.4 Å². The molecule has 1 aliphatic heterocycles. The van der Waals surface area contributed by atoms with Crippen molar-refractivity contribution in [1.29, 1.82) is 0 Å². The van der Waals surface area contributed by atoms with Crippen LogP contribution in [0.1, 0.15) is 61.9 Å². The molecule has 2 amide bonds. The van der Waals surface area contributed by atoms with Gasteiger partial charge in [0.2, 0.25) is 11.8 Å². The van der Waals surface area contributed by atoms with E-state index in [0.29, 0.717) is 36.7 Å². The third-order valence-corrected chi connectivity index (χ3v) is 6.95. The van der Waals surface area contributed by atoms with Gasteiger partial charge in [0.25, 0.3) is 5.91 Å². The number of aliphatic hydroxyl groups is 1. The fraction of sp³-hybridized carbons (Fsp3) is 0.667.